The fraction of sp³-hybridized carbons (Fsp3) is 0. The zero-order valence-electron chi connectivity index (χ0n) is 21.3. The van der Waals surface area contributed by atoms with Crippen LogP contribution in [0.4, 0.5) is 25.2 Å². The standard InChI is InChI=1S/6FH2O3P.12H3N/c6*1-5(2,3)4;;;;;;;;;;;;/h6*(H2,2,3,4);12*1H3. The van der Waals surface area contributed by atoms with Gasteiger partial charge in [-0.1, -0.05) is 0 Å². The minimum Gasteiger partial charge on any atom is -0.344 e. The normalized spacial score (nSPS) is 8.43. The molecule has 0 aromatic heterocycles. The molecule has 0 aromatic rings. The molecule has 0 radical (unpaired) electrons. The van der Waals surface area contributed by atoms with E-state index in [0.717, 1.165) is 0 Å². The van der Waals surface area contributed by atoms with E-state index in [-0.39, 0.29) is 73.8 Å². The first kappa shape index (κ1) is 123. The lowest BCUT2D eigenvalue weighted by atomic mass is 14.0. The summed E-state index contributed by atoms with van der Waals surface area (Å²) in [6, 6.07) is 0. The van der Waals surface area contributed by atoms with Crippen LogP contribution >= 0.6 is 47.4 Å². The van der Waals surface area contributed by atoms with Gasteiger partial charge in [-0.3, -0.25) is 58.7 Å². The second-order valence-corrected chi connectivity index (χ2v) is 8.51. The lowest BCUT2D eigenvalue weighted by Gasteiger charge is -1.78. The van der Waals surface area contributed by atoms with Crippen LogP contribution in [0.1, 0.15) is 0 Å². The molecule has 0 aliphatic carbocycles. The average molecular weight is 804 g/mol. The molecule has 0 bridgehead atoms. The van der Waals surface area contributed by atoms with Gasteiger partial charge in [-0.05, 0) is 0 Å². The van der Waals surface area contributed by atoms with Crippen molar-refractivity contribution in [1.29, 1.82) is 0 Å². The van der Waals surface area contributed by atoms with Crippen LogP contribution in [0, 0.1) is 0 Å². The van der Waals surface area contributed by atoms with Gasteiger partial charge in [0.1, 0.15) is 0 Å². The second-order valence-electron chi connectivity index (χ2n) is 2.84. The van der Waals surface area contributed by atoms with Crippen molar-refractivity contribution in [2.24, 2.45) is 0 Å². The van der Waals surface area contributed by atoms with Crippen molar-refractivity contribution in [2.45, 2.75) is 0 Å². The zero-order chi connectivity index (χ0) is 27.0. The van der Waals surface area contributed by atoms with E-state index in [2.05, 4.69) is 0 Å². The highest BCUT2D eigenvalue weighted by molar-refractivity contribution is 7.46. The molecule has 0 atom stereocenters. The predicted octanol–water partition coefficient (Wildman–Crippen LogP) is 2.24. The highest BCUT2D eigenvalue weighted by Gasteiger charge is 2.06. The number of rotatable bonds is 0. The first-order valence-corrected chi connectivity index (χ1v) is 13.5. The van der Waals surface area contributed by atoms with Crippen LogP contribution in [0.25, 0.3) is 0 Å². The third-order valence-electron chi connectivity index (χ3n) is 0. The second kappa shape index (κ2) is 50.6. The van der Waals surface area contributed by atoms with E-state index in [1.54, 1.807) is 0 Å². The molecule has 0 aliphatic rings. The fourth-order valence-corrected chi connectivity index (χ4v) is 0. The van der Waals surface area contributed by atoms with E-state index in [9.17, 15) is 25.2 Å². The first-order chi connectivity index (χ1) is 12.0. The van der Waals surface area contributed by atoms with Crippen LogP contribution in [0.2, 0.25) is 0 Å². The highest BCUT2D eigenvalue weighted by Crippen LogP contribution is 2.37. The summed E-state index contributed by atoms with van der Waals surface area (Å²) in [7, 11) is -30.8. The summed E-state index contributed by atoms with van der Waals surface area (Å²) >= 11 is 0. The maximum absolute atomic E-state index is 10.4. The molecule has 0 saturated heterocycles. The van der Waals surface area contributed by atoms with Gasteiger partial charge in [-0.2, -0.15) is 0 Å². The van der Waals surface area contributed by atoms with Gasteiger partial charge in [-0.25, -0.2) is 27.4 Å². The number of halogens is 6. The third-order valence-corrected chi connectivity index (χ3v) is 0. The lowest BCUT2D eigenvalue weighted by Crippen LogP contribution is -1.56. The van der Waals surface area contributed by atoms with Gasteiger partial charge in [0, 0.05) is 0 Å². The monoisotopic (exact) mass is 804 g/mol. The molecule has 0 amide bonds. The Balaban J connectivity index is -0.00000000973. The van der Waals surface area contributed by atoms with E-state index in [4.69, 9.17) is 86.1 Å². The Kier molecular flexibility index (Phi) is 148. The first-order valence-electron chi connectivity index (χ1n) is 4.51. The van der Waals surface area contributed by atoms with Crippen LogP contribution in [0.3, 0.4) is 0 Å². The summed E-state index contributed by atoms with van der Waals surface area (Å²) in [4.78, 5) is 83.6. The summed E-state index contributed by atoms with van der Waals surface area (Å²) in [6.45, 7) is 0. The molecule has 48 N–H and O–H groups in total. The molecule has 0 unspecified atom stereocenters. The summed E-state index contributed by atoms with van der Waals surface area (Å²) < 4.78 is 114. The Morgan fingerprint density at radius 3 is 0.214 bits per heavy atom. The van der Waals surface area contributed by atoms with Gasteiger partial charge < -0.3 is 73.8 Å². The predicted molar refractivity (Wildman–Crippen MR) is 139 cm³/mol. The van der Waals surface area contributed by atoms with Crippen LogP contribution in [-0.2, 0) is 27.4 Å². The van der Waals surface area contributed by atoms with Gasteiger partial charge in [0.25, 0.3) is 0 Å². The van der Waals surface area contributed by atoms with E-state index < -0.39 is 47.4 Å². The van der Waals surface area contributed by atoms with Crippen molar-refractivity contribution in [2.75, 3.05) is 0 Å². The van der Waals surface area contributed by atoms with Gasteiger partial charge in [0.15, 0.2) is 0 Å². The molecule has 42 heavy (non-hydrogen) atoms. The zero-order valence-corrected chi connectivity index (χ0v) is 26.6. The minimum absolute atomic E-state index is 0. The maximum atomic E-state index is 10.4. The molecule has 0 rings (SSSR count). The molecule has 288 valence electrons. The summed E-state index contributed by atoms with van der Waals surface area (Å²) in [5.41, 5.74) is 0. The Bertz CT molecular complexity index is 510. The summed E-state index contributed by atoms with van der Waals surface area (Å²) in [5, 5.41) is 0. The molecule has 0 aliphatic heterocycles. The van der Waals surface area contributed by atoms with Crippen LogP contribution < -0.4 is 73.8 Å². The summed E-state index contributed by atoms with van der Waals surface area (Å²) in [6.07, 6.45) is 0. The molecule has 0 aromatic carbocycles. The van der Waals surface area contributed by atoms with Gasteiger partial charge in [-0.15, -0.1) is 25.2 Å². The van der Waals surface area contributed by atoms with Crippen LogP contribution in [0.5, 0.6) is 0 Å². The van der Waals surface area contributed by atoms with Crippen LogP contribution in [-0.4, -0.2) is 58.7 Å². The Hall–Kier alpha value is -0.0000000000000000555. The highest BCUT2D eigenvalue weighted by atomic mass is 31.2. The van der Waals surface area contributed by atoms with Crippen molar-refractivity contribution >= 4 is 47.4 Å². The molecule has 0 spiro atoms. The van der Waals surface area contributed by atoms with Crippen molar-refractivity contribution in [3.05, 3.63) is 0 Å². The smallest absolute Gasteiger partial charge is 0.344 e. The van der Waals surface area contributed by atoms with Crippen LogP contribution in [0.15, 0.2) is 0 Å². The molecule has 0 heterocycles. The SMILES string of the molecule is N.N.N.N.N.N.N.N.N.N.N.N.O=P(O)(O)F.O=P(O)(O)F.O=P(O)(O)F.O=P(O)(O)F.O=P(O)(O)F.O=P(O)(O)F. The summed E-state index contributed by atoms with van der Waals surface area (Å²) in [5.74, 6) is 0. The molecular weight excluding hydrogens is 756 g/mol. The Morgan fingerprint density at radius 1 is 0.214 bits per heavy atom. The number of hydrogen-bond donors (Lipinski definition) is 24. The van der Waals surface area contributed by atoms with Crippen molar-refractivity contribution in [3.8, 4) is 0 Å². The van der Waals surface area contributed by atoms with E-state index in [1.165, 1.54) is 0 Å². The van der Waals surface area contributed by atoms with Crippen molar-refractivity contribution in [3.63, 3.8) is 0 Å². The maximum Gasteiger partial charge on any atom is 0.507 e. The van der Waals surface area contributed by atoms with E-state index in [1.807, 2.05) is 0 Å². The van der Waals surface area contributed by atoms with Crippen molar-refractivity contribution in [1.82, 2.24) is 73.8 Å². The fourth-order valence-electron chi connectivity index (χ4n) is 0. The quantitative estimate of drug-likeness (QED) is 0.123. The average Bonchev–Trinajstić information content (AvgIpc) is 1.94. The topological polar surface area (TPSA) is 765 Å². The van der Waals surface area contributed by atoms with Gasteiger partial charge in [0.05, 0.1) is 0 Å². The molecular formula is H48F6N12O18P6. The van der Waals surface area contributed by atoms with E-state index in [0.29, 0.717) is 0 Å². The molecule has 0 fully saturated rings. The minimum atomic E-state index is -5.14. The Labute approximate surface area is 233 Å². The third kappa shape index (κ3) is 19699999999999999197615682522745667584. The molecule has 30 nitrogen and oxygen atoms in total. The van der Waals surface area contributed by atoms with Gasteiger partial charge in [0.2, 0.25) is 0 Å². The van der Waals surface area contributed by atoms with Gasteiger partial charge >= 0.3 is 47.4 Å². The number of hydrogen-bond acceptors (Lipinski definition) is 18. The van der Waals surface area contributed by atoms with E-state index >= 15 is 0 Å². The largest absolute Gasteiger partial charge is 0.507 e. The van der Waals surface area contributed by atoms with Crippen molar-refractivity contribution < 1.29 is 111 Å². The molecule has 0 saturated carbocycles. The molecule has 42 heteroatoms. The Morgan fingerprint density at radius 2 is 0.214 bits per heavy atom. The lowest BCUT2D eigenvalue weighted by molar-refractivity contribution is 0.320.